The molecule has 4 aromatic rings. The summed E-state index contributed by atoms with van der Waals surface area (Å²) >= 11 is 12.9. The number of hydrogen-bond acceptors (Lipinski definition) is 6. The molecule has 0 saturated carbocycles. The molecule has 0 fully saturated rings. The Morgan fingerprint density at radius 3 is 2.25 bits per heavy atom. The van der Waals surface area contributed by atoms with Crippen LogP contribution < -0.4 is 4.74 Å². The number of para-hydroxylation sites is 1. The van der Waals surface area contributed by atoms with Crippen molar-refractivity contribution in [2.75, 3.05) is 14.2 Å². The Morgan fingerprint density at radius 1 is 0.944 bits per heavy atom. The quantitative estimate of drug-likeness (QED) is 0.268. The molecule has 0 atom stereocenters. The Morgan fingerprint density at radius 2 is 1.61 bits per heavy atom. The van der Waals surface area contributed by atoms with Crippen molar-refractivity contribution in [2.24, 2.45) is 0 Å². The molecule has 0 unspecified atom stereocenters. The highest BCUT2D eigenvalue weighted by molar-refractivity contribution is 6.36. The minimum Gasteiger partial charge on any atom is -0.489 e. The van der Waals surface area contributed by atoms with Crippen molar-refractivity contribution in [3.63, 3.8) is 0 Å². The van der Waals surface area contributed by atoms with Gasteiger partial charge in [-0.2, -0.15) is 5.10 Å². The lowest BCUT2D eigenvalue weighted by atomic mass is 10.00. The third-order valence-electron chi connectivity index (χ3n) is 5.24. The zero-order valence-electron chi connectivity index (χ0n) is 19.1. The molecular weight excluding hydrogens is 510 g/mol. The average Bonchev–Trinajstić information content (AvgIpc) is 3.27. The molecule has 1 aromatic heterocycles. The first-order chi connectivity index (χ1) is 17.3. The number of hydrogen-bond donors (Lipinski definition) is 0. The van der Waals surface area contributed by atoms with Gasteiger partial charge in [0.2, 0.25) is 0 Å². The second kappa shape index (κ2) is 10.8. The van der Waals surface area contributed by atoms with E-state index in [0.29, 0.717) is 27.6 Å². The van der Waals surface area contributed by atoms with Gasteiger partial charge < -0.3 is 14.2 Å². The van der Waals surface area contributed by atoms with E-state index in [9.17, 15) is 14.0 Å². The fourth-order valence-corrected chi connectivity index (χ4v) is 4.25. The average molecular weight is 529 g/mol. The van der Waals surface area contributed by atoms with E-state index in [0.717, 1.165) is 0 Å². The molecule has 4 rings (SSSR count). The van der Waals surface area contributed by atoms with Crippen molar-refractivity contribution >= 4 is 35.1 Å². The highest BCUT2D eigenvalue weighted by atomic mass is 35.5. The van der Waals surface area contributed by atoms with Crippen LogP contribution in [0.2, 0.25) is 10.0 Å². The van der Waals surface area contributed by atoms with Crippen molar-refractivity contribution in [1.29, 1.82) is 0 Å². The summed E-state index contributed by atoms with van der Waals surface area (Å²) in [6.07, 6.45) is 0. The number of rotatable bonds is 7. The number of esters is 2. The highest BCUT2D eigenvalue weighted by Gasteiger charge is 2.33. The van der Waals surface area contributed by atoms with E-state index in [1.807, 2.05) is 0 Å². The monoisotopic (exact) mass is 528 g/mol. The normalized spacial score (nSPS) is 10.7. The molecular formula is C26H19Cl2FN2O5. The summed E-state index contributed by atoms with van der Waals surface area (Å²) in [5.41, 5.74) is 1.08. The van der Waals surface area contributed by atoms with Crippen LogP contribution in [0, 0.1) is 5.82 Å². The second-order valence-corrected chi connectivity index (χ2v) is 8.31. The summed E-state index contributed by atoms with van der Waals surface area (Å²) in [6.45, 7) is -0.0480. The largest absolute Gasteiger partial charge is 0.489 e. The molecule has 36 heavy (non-hydrogen) atoms. The van der Waals surface area contributed by atoms with Crippen LogP contribution in [-0.2, 0) is 16.1 Å². The number of carbonyl (C=O) groups excluding carboxylic acids is 2. The second-order valence-electron chi connectivity index (χ2n) is 7.47. The molecule has 1 heterocycles. The molecule has 10 heteroatoms. The van der Waals surface area contributed by atoms with Gasteiger partial charge >= 0.3 is 11.9 Å². The maximum absolute atomic E-state index is 13.3. The van der Waals surface area contributed by atoms with E-state index < -0.39 is 17.8 Å². The smallest absolute Gasteiger partial charge is 0.357 e. The third-order valence-corrected chi connectivity index (χ3v) is 5.75. The molecule has 0 radical (unpaired) electrons. The van der Waals surface area contributed by atoms with Gasteiger partial charge in [-0.25, -0.2) is 18.7 Å². The van der Waals surface area contributed by atoms with Crippen LogP contribution in [0.1, 0.15) is 26.4 Å². The summed E-state index contributed by atoms with van der Waals surface area (Å²) < 4.78 is 30.3. The number of ether oxygens (including phenoxy) is 3. The summed E-state index contributed by atoms with van der Waals surface area (Å²) in [7, 11) is 2.39. The molecule has 0 aliphatic carbocycles. The number of benzene rings is 3. The van der Waals surface area contributed by atoms with E-state index in [1.54, 1.807) is 36.4 Å². The maximum atomic E-state index is 13.3. The Bertz CT molecular complexity index is 1420. The lowest BCUT2D eigenvalue weighted by Crippen LogP contribution is -2.15. The van der Waals surface area contributed by atoms with E-state index in [4.69, 9.17) is 37.4 Å². The first kappa shape index (κ1) is 25.2. The Hall–Kier alpha value is -3.88. The Kier molecular flexibility index (Phi) is 7.57. The summed E-state index contributed by atoms with van der Waals surface area (Å²) in [5, 5.41) is 5.07. The first-order valence-corrected chi connectivity index (χ1v) is 11.3. The maximum Gasteiger partial charge on any atom is 0.357 e. The van der Waals surface area contributed by atoms with Crippen LogP contribution in [0.25, 0.3) is 16.9 Å². The van der Waals surface area contributed by atoms with Gasteiger partial charge in [0.1, 0.15) is 29.4 Å². The lowest BCUT2D eigenvalue weighted by molar-refractivity contribution is 0.0549. The summed E-state index contributed by atoms with van der Waals surface area (Å²) in [4.78, 5) is 25.8. The predicted octanol–water partition coefficient (Wildman–Crippen LogP) is 6.14. The molecule has 0 aliphatic rings. The van der Waals surface area contributed by atoms with Crippen LogP contribution in [0.5, 0.6) is 5.75 Å². The van der Waals surface area contributed by atoms with Gasteiger partial charge in [-0.15, -0.1) is 0 Å². The number of carbonyl (C=O) groups is 2. The van der Waals surface area contributed by atoms with Crippen molar-refractivity contribution in [3.8, 4) is 22.7 Å². The molecule has 184 valence electrons. The fraction of sp³-hybridized carbons (Fsp3) is 0.115. The van der Waals surface area contributed by atoms with Gasteiger partial charge in [0, 0.05) is 16.1 Å². The molecule has 0 amide bonds. The number of nitrogens with zero attached hydrogens (tertiary/aromatic N) is 2. The highest BCUT2D eigenvalue weighted by Crippen LogP contribution is 2.38. The van der Waals surface area contributed by atoms with E-state index in [-0.39, 0.29) is 28.6 Å². The fourth-order valence-electron chi connectivity index (χ4n) is 3.63. The zero-order chi connectivity index (χ0) is 25.8. The molecule has 7 nitrogen and oxygen atoms in total. The van der Waals surface area contributed by atoms with Crippen LogP contribution >= 0.6 is 23.2 Å². The molecule has 0 bridgehead atoms. The van der Waals surface area contributed by atoms with Crippen molar-refractivity contribution in [1.82, 2.24) is 9.78 Å². The Labute approximate surface area is 215 Å². The van der Waals surface area contributed by atoms with Crippen molar-refractivity contribution in [2.45, 2.75) is 6.61 Å². The van der Waals surface area contributed by atoms with Gasteiger partial charge in [-0.1, -0.05) is 41.4 Å². The minimum atomic E-state index is -0.816. The standard InChI is InChI=1S/C26H19Cl2FN2O5/c1-34-25(32)22-23(30-31(24(22)26(33)35-2)18-6-4-3-5-7-18)21-15(12-16(27)13-20(21)28)14-36-19-10-8-17(29)9-11-19/h3-13H,14H2,1-2H3. The van der Waals surface area contributed by atoms with Crippen LogP contribution in [-0.4, -0.2) is 35.9 Å². The topological polar surface area (TPSA) is 79.7 Å². The first-order valence-electron chi connectivity index (χ1n) is 10.6. The number of aromatic nitrogens is 2. The van der Waals surface area contributed by atoms with E-state index in [2.05, 4.69) is 5.10 Å². The van der Waals surface area contributed by atoms with E-state index >= 15 is 0 Å². The molecule has 3 aromatic carbocycles. The summed E-state index contributed by atoms with van der Waals surface area (Å²) in [5.74, 6) is -1.62. The molecule has 0 saturated heterocycles. The SMILES string of the molecule is COC(=O)c1c(-c2c(Cl)cc(Cl)cc2COc2ccc(F)cc2)nn(-c2ccccc2)c1C(=O)OC. The van der Waals surface area contributed by atoms with Gasteiger partial charge in [-0.05, 0) is 48.5 Å². The number of halogens is 3. The molecule has 0 N–H and O–H groups in total. The van der Waals surface area contributed by atoms with Crippen molar-refractivity contribution in [3.05, 3.63) is 99.4 Å². The van der Waals surface area contributed by atoms with Crippen LogP contribution in [0.15, 0.2) is 66.7 Å². The lowest BCUT2D eigenvalue weighted by Gasteiger charge is -2.13. The molecule has 0 aliphatic heterocycles. The van der Waals surface area contributed by atoms with Gasteiger partial charge in [-0.3, -0.25) is 0 Å². The van der Waals surface area contributed by atoms with Gasteiger partial charge in [0.25, 0.3) is 0 Å². The third kappa shape index (κ3) is 5.05. The van der Waals surface area contributed by atoms with Crippen LogP contribution in [0.4, 0.5) is 4.39 Å². The number of methoxy groups -OCH3 is 2. The van der Waals surface area contributed by atoms with Gasteiger partial charge in [0.05, 0.1) is 24.9 Å². The van der Waals surface area contributed by atoms with Crippen molar-refractivity contribution < 1.29 is 28.2 Å². The minimum absolute atomic E-state index is 0.0480. The summed E-state index contributed by atoms with van der Waals surface area (Å²) in [6, 6.07) is 17.3. The van der Waals surface area contributed by atoms with Gasteiger partial charge in [0.15, 0.2) is 5.69 Å². The van der Waals surface area contributed by atoms with E-state index in [1.165, 1.54) is 49.2 Å². The predicted molar refractivity (Wildman–Crippen MR) is 132 cm³/mol. The van der Waals surface area contributed by atoms with Crippen LogP contribution in [0.3, 0.4) is 0 Å². The molecule has 0 spiro atoms. The Balaban J connectivity index is 1.94. The zero-order valence-corrected chi connectivity index (χ0v) is 20.6.